The molecule has 0 bridgehead atoms. The van der Waals surface area contributed by atoms with Crippen molar-refractivity contribution in [1.82, 2.24) is 19.1 Å². The number of rotatable bonds is 7. The molecule has 2 aromatic carbocycles. The molecule has 0 amide bonds. The normalized spacial score (nSPS) is 15.1. The van der Waals surface area contributed by atoms with E-state index in [1.807, 2.05) is 0 Å². The summed E-state index contributed by atoms with van der Waals surface area (Å²) in [4.78, 5) is 0.181. The van der Waals surface area contributed by atoms with E-state index in [1.54, 1.807) is 47.0 Å². The number of sulfonamides is 1. The number of benzene rings is 2. The Labute approximate surface area is 184 Å². The molecule has 3 aromatic rings. The van der Waals surface area contributed by atoms with Gasteiger partial charge in [0.25, 0.3) is 0 Å². The van der Waals surface area contributed by atoms with Gasteiger partial charge in [0.05, 0.1) is 18.1 Å². The van der Waals surface area contributed by atoms with Crippen molar-refractivity contribution >= 4 is 21.8 Å². The van der Waals surface area contributed by atoms with Crippen LogP contribution in [0.2, 0.25) is 0 Å². The smallest absolute Gasteiger partial charge is 0.243 e. The topological polar surface area (TPSA) is 77.3 Å². The standard InChI is InChI=1S/C21H21FN4O3S2/c1-2-14-30-21-24-23-20(26(21)18-8-6-17(22)7-9-18)16-4-3-5-19(15-16)31(27,28)25-10-12-29-13-11-25/h2-9,15H,1,10-14H2. The summed E-state index contributed by atoms with van der Waals surface area (Å²) in [5.74, 6) is 0.736. The third-order valence-corrected chi connectivity index (χ3v) is 7.57. The van der Waals surface area contributed by atoms with Crippen LogP contribution in [0, 0.1) is 5.82 Å². The fourth-order valence-corrected chi connectivity index (χ4v) is 5.38. The summed E-state index contributed by atoms with van der Waals surface area (Å²) in [6, 6.07) is 12.6. The van der Waals surface area contributed by atoms with E-state index < -0.39 is 10.0 Å². The maximum absolute atomic E-state index is 13.5. The minimum Gasteiger partial charge on any atom is -0.379 e. The molecule has 1 aliphatic rings. The fourth-order valence-electron chi connectivity index (χ4n) is 3.24. The Morgan fingerprint density at radius 3 is 2.58 bits per heavy atom. The summed E-state index contributed by atoms with van der Waals surface area (Å²) in [5.41, 5.74) is 1.27. The first kappa shape index (κ1) is 21.7. The second-order valence-electron chi connectivity index (χ2n) is 6.76. The summed E-state index contributed by atoms with van der Waals surface area (Å²) < 4.78 is 48.1. The molecule has 0 saturated carbocycles. The van der Waals surface area contributed by atoms with Crippen molar-refractivity contribution in [1.29, 1.82) is 0 Å². The van der Waals surface area contributed by atoms with Crippen molar-refractivity contribution in [3.8, 4) is 17.1 Å². The lowest BCUT2D eigenvalue weighted by Crippen LogP contribution is -2.40. The highest BCUT2D eigenvalue weighted by atomic mass is 32.2. The molecule has 0 spiro atoms. The van der Waals surface area contributed by atoms with Crippen LogP contribution in [0.25, 0.3) is 17.1 Å². The molecule has 0 atom stereocenters. The zero-order valence-corrected chi connectivity index (χ0v) is 18.3. The molecule has 2 heterocycles. The van der Waals surface area contributed by atoms with Gasteiger partial charge in [0.2, 0.25) is 10.0 Å². The molecule has 1 aliphatic heterocycles. The molecule has 1 aromatic heterocycles. The minimum atomic E-state index is -3.66. The Morgan fingerprint density at radius 2 is 1.87 bits per heavy atom. The monoisotopic (exact) mass is 460 g/mol. The summed E-state index contributed by atoms with van der Waals surface area (Å²) in [6.45, 7) is 5.12. The van der Waals surface area contributed by atoms with Crippen molar-refractivity contribution < 1.29 is 17.5 Å². The number of nitrogens with zero attached hydrogens (tertiary/aromatic N) is 4. The van der Waals surface area contributed by atoms with Crippen molar-refractivity contribution in [3.63, 3.8) is 0 Å². The molecule has 31 heavy (non-hydrogen) atoms. The Balaban J connectivity index is 1.78. The zero-order valence-electron chi connectivity index (χ0n) is 16.6. The molecule has 1 saturated heterocycles. The lowest BCUT2D eigenvalue weighted by molar-refractivity contribution is 0.0730. The van der Waals surface area contributed by atoms with Crippen molar-refractivity contribution in [2.24, 2.45) is 0 Å². The number of hydrogen-bond acceptors (Lipinski definition) is 6. The molecule has 7 nitrogen and oxygen atoms in total. The third-order valence-electron chi connectivity index (χ3n) is 4.75. The molecule has 10 heteroatoms. The van der Waals surface area contributed by atoms with Gasteiger partial charge in [-0.3, -0.25) is 4.57 Å². The Bertz CT molecular complexity index is 1170. The van der Waals surface area contributed by atoms with Crippen LogP contribution in [-0.4, -0.2) is 59.5 Å². The quantitative estimate of drug-likeness (QED) is 0.397. The van der Waals surface area contributed by atoms with Crippen LogP contribution in [-0.2, 0) is 14.8 Å². The van der Waals surface area contributed by atoms with Crippen LogP contribution in [0.4, 0.5) is 4.39 Å². The second-order valence-corrected chi connectivity index (χ2v) is 9.69. The summed E-state index contributed by atoms with van der Waals surface area (Å²) in [5, 5.41) is 9.18. The van der Waals surface area contributed by atoms with Crippen molar-refractivity contribution in [2.45, 2.75) is 10.1 Å². The van der Waals surface area contributed by atoms with Crippen LogP contribution in [0.15, 0.2) is 71.2 Å². The van der Waals surface area contributed by atoms with Gasteiger partial charge in [-0.25, -0.2) is 12.8 Å². The zero-order chi connectivity index (χ0) is 21.8. The maximum Gasteiger partial charge on any atom is 0.243 e. The SMILES string of the molecule is C=CCSc1nnc(-c2cccc(S(=O)(=O)N3CCOCC3)c2)n1-c1ccc(F)cc1. The lowest BCUT2D eigenvalue weighted by atomic mass is 10.2. The van der Waals surface area contributed by atoms with Gasteiger partial charge in [0.15, 0.2) is 11.0 Å². The first-order chi connectivity index (χ1) is 15.0. The summed E-state index contributed by atoms with van der Waals surface area (Å²) >= 11 is 1.43. The van der Waals surface area contributed by atoms with Crippen LogP contribution in [0.5, 0.6) is 0 Å². The molecule has 0 radical (unpaired) electrons. The number of halogens is 1. The van der Waals surface area contributed by atoms with Crippen LogP contribution < -0.4 is 0 Å². The number of ether oxygens (including phenoxy) is 1. The van der Waals surface area contributed by atoms with Gasteiger partial charge in [-0.1, -0.05) is 30.0 Å². The Morgan fingerprint density at radius 1 is 1.13 bits per heavy atom. The van der Waals surface area contributed by atoms with E-state index in [9.17, 15) is 12.8 Å². The highest BCUT2D eigenvalue weighted by Gasteiger charge is 2.27. The first-order valence-corrected chi connectivity index (χ1v) is 12.1. The molecule has 162 valence electrons. The van der Waals surface area contributed by atoms with E-state index in [0.717, 1.165) is 0 Å². The van der Waals surface area contributed by atoms with E-state index in [4.69, 9.17) is 4.74 Å². The van der Waals surface area contributed by atoms with Gasteiger partial charge >= 0.3 is 0 Å². The second kappa shape index (κ2) is 9.31. The molecule has 1 fully saturated rings. The lowest BCUT2D eigenvalue weighted by Gasteiger charge is -2.26. The van der Waals surface area contributed by atoms with Crippen LogP contribution in [0.3, 0.4) is 0 Å². The van der Waals surface area contributed by atoms with Gasteiger partial charge in [-0.15, -0.1) is 16.8 Å². The predicted molar refractivity (Wildman–Crippen MR) is 117 cm³/mol. The van der Waals surface area contributed by atoms with Crippen molar-refractivity contribution in [3.05, 3.63) is 67.0 Å². The Hall–Kier alpha value is -2.53. The molecular formula is C21H21FN4O3S2. The molecule has 4 rings (SSSR count). The van der Waals surface area contributed by atoms with E-state index >= 15 is 0 Å². The average Bonchev–Trinajstić information content (AvgIpc) is 3.23. The molecular weight excluding hydrogens is 439 g/mol. The van der Waals surface area contributed by atoms with E-state index in [2.05, 4.69) is 16.8 Å². The van der Waals surface area contributed by atoms with E-state index in [-0.39, 0.29) is 10.7 Å². The number of morpholine rings is 1. The molecule has 0 unspecified atom stereocenters. The van der Waals surface area contributed by atoms with E-state index in [0.29, 0.717) is 54.3 Å². The molecule has 0 aliphatic carbocycles. The van der Waals surface area contributed by atoms with Crippen molar-refractivity contribution in [2.75, 3.05) is 32.1 Å². The largest absolute Gasteiger partial charge is 0.379 e. The maximum atomic E-state index is 13.5. The van der Waals surface area contributed by atoms with Crippen LogP contribution in [0.1, 0.15) is 0 Å². The number of hydrogen-bond donors (Lipinski definition) is 0. The van der Waals surface area contributed by atoms with E-state index in [1.165, 1.54) is 28.2 Å². The fraction of sp³-hybridized carbons (Fsp3) is 0.238. The summed E-state index contributed by atoms with van der Waals surface area (Å²) in [7, 11) is -3.66. The first-order valence-electron chi connectivity index (χ1n) is 9.64. The number of thioether (sulfide) groups is 1. The summed E-state index contributed by atoms with van der Waals surface area (Å²) in [6.07, 6.45) is 1.75. The highest BCUT2D eigenvalue weighted by Crippen LogP contribution is 2.30. The number of aromatic nitrogens is 3. The van der Waals surface area contributed by atoms with Gasteiger partial charge in [-0.2, -0.15) is 4.31 Å². The van der Waals surface area contributed by atoms with Gasteiger partial charge < -0.3 is 4.74 Å². The molecule has 0 N–H and O–H groups in total. The third kappa shape index (κ3) is 4.57. The minimum absolute atomic E-state index is 0.181. The van der Waals surface area contributed by atoms with Crippen LogP contribution >= 0.6 is 11.8 Å². The van der Waals surface area contributed by atoms with Gasteiger partial charge in [0.1, 0.15) is 5.82 Å². The average molecular weight is 461 g/mol. The van der Waals surface area contributed by atoms with Gasteiger partial charge in [0, 0.05) is 30.1 Å². The Kier molecular flexibility index (Phi) is 6.51. The van der Waals surface area contributed by atoms with Gasteiger partial charge in [-0.05, 0) is 36.4 Å². The predicted octanol–water partition coefficient (Wildman–Crippen LogP) is 3.37. The highest BCUT2D eigenvalue weighted by molar-refractivity contribution is 7.99.